The maximum absolute atomic E-state index is 15.1. The Kier molecular flexibility index (Phi) is 14.7. The van der Waals surface area contributed by atoms with Gasteiger partial charge in [-0.2, -0.15) is 0 Å². The van der Waals surface area contributed by atoms with Crippen molar-refractivity contribution in [2.45, 2.75) is 71.1 Å². The van der Waals surface area contributed by atoms with Crippen LogP contribution in [0.1, 0.15) is 63.8 Å². The summed E-state index contributed by atoms with van der Waals surface area (Å²) in [6.07, 6.45) is 6.36. The molecular formula is C41H50F2N6O7. The third-order valence-electron chi connectivity index (χ3n) is 9.55. The second-order valence-corrected chi connectivity index (χ2v) is 14.8. The summed E-state index contributed by atoms with van der Waals surface area (Å²) in [5.41, 5.74) is 7.02. The van der Waals surface area contributed by atoms with Gasteiger partial charge in [-0.3, -0.25) is 19.2 Å². The van der Waals surface area contributed by atoms with E-state index in [0.717, 1.165) is 23.8 Å². The van der Waals surface area contributed by atoms with Gasteiger partial charge in [-0.25, -0.2) is 13.6 Å². The number of likely N-dealkylation sites (N-methyl/N-ethyl adjacent to an activating group) is 1. The van der Waals surface area contributed by atoms with Gasteiger partial charge in [0.2, 0.25) is 23.6 Å². The monoisotopic (exact) mass is 776 g/mol. The maximum Gasteiger partial charge on any atom is 0.326 e. The molecule has 4 amide bonds. The standard InChI is InChI=1S/C41H50F2N6O7/c1-41(2,3)38(34-21-28(30-22-29(42)10-11-31(30)43)24-48(34)23-27-8-6-5-7-9-27)49(37(53)25-50)19-16-33(39(54)45-4)47-17-14-26(15-18-47)20-36(52)46-32(40(55)56)12-13-35(44)51/h5-11,14-15,17,21-22,24,32-33,38,50H,12-13,16,18-20,23,25H2,1-4H3,(H2,44,51)(H,45,54)(H,46,52)(H,55,56)/t32-,33-,38-/m0/s1. The number of carboxylic acids is 1. The molecule has 1 aromatic heterocycles. The zero-order chi connectivity index (χ0) is 41.2. The van der Waals surface area contributed by atoms with Crippen LogP contribution in [0.2, 0.25) is 0 Å². The number of allylic oxidation sites excluding steroid dienone is 1. The first-order chi connectivity index (χ1) is 26.5. The van der Waals surface area contributed by atoms with Gasteiger partial charge in [0.15, 0.2) is 0 Å². The van der Waals surface area contributed by atoms with Crippen molar-refractivity contribution < 1.29 is 43.0 Å². The van der Waals surface area contributed by atoms with Crippen molar-refractivity contribution in [2.24, 2.45) is 11.1 Å². The molecule has 3 atom stereocenters. The van der Waals surface area contributed by atoms with Crippen LogP contribution in [0.15, 0.2) is 84.7 Å². The summed E-state index contributed by atoms with van der Waals surface area (Å²) in [5, 5.41) is 24.8. The first kappa shape index (κ1) is 42.9. The normalized spacial score (nSPS) is 14.3. The van der Waals surface area contributed by atoms with Gasteiger partial charge < -0.3 is 40.9 Å². The fourth-order valence-electron chi connectivity index (χ4n) is 6.86. The van der Waals surface area contributed by atoms with Crippen molar-refractivity contribution in [3.8, 4) is 11.1 Å². The highest BCUT2D eigenvalue weighted by Gasteiger charge is 2.38. The number of hydrogen-bond acceptors (Lipinski definition) is 7. The van der Waals surface area contributed by atoms with Crippen LogP contribution in [0.5, 0.6) is 0 Å². The number of carbonyl (C=O) groups is 5. The maximum atomic E-state index is 15.1. The van der Waals surface area contributed by atoms with E-state index in [1.54, 1.807) is 35.5 Å². The molecule has 1 aliphatic rings. The summed E-state index contributed by atoms with van der Waals surface area (Å²) in [7, 11) is 1.49. The number of primary amides is 1. The molecule has 0 bridgehead atoms. The molecule has 0 unspecified atom stereocenters. The van der Waals surface area contributed by atoms with E-state index in [9.17, 15) is 38.6 Å². The minimum Gasteiger partial charge on any atom is -0.480 e. The van der Waals surface area contributed by atoms with Crippen molar-refractivity contribution in [1.82, 2.24) is 25.0 Å². The van der Waals surface area contributed by atoms with E-state index in [1.165, 1.54) is 11.9 Å². The number of amides is 4. The molecule has 3 aromatic rings. The van der Waals surface area contributed by atoms with E-state index in [4.69, 9.17) is 5.73 Å². The van der Waals surface area contributed by atoms with Gasteiger partial charge in [-0.15, -0.1) is 0 Å². The molecular weight excluding hydrogens is 726 g/mol. The van der Waals surface area contributed by atoms with Crippen LogP contribution in [-0.4, -0.2) is 93.0 Å². The quantitative estimate of drug-likeness (QED) is 0.129. The van der Waals surface area contributed by atoms with Gasteiger partial charge in [0, 0.05) is 62.3 Å². The first-order valence-corrected chi connectivity index (χ1v) is 18.3. The molecule has 0 fully saturated rings. The number of carbonyl (C=O) groups excluding carboxylic acids is 4. The third-order valence-corrected chi connectivity index (χ3v) is 9.55. The van der Waals surface area contributed by atoms with E-state index >= 15 is 4.39 Å². The van der Waals surface area contributed by atoms with E-state index < -0.39 is 65.5 Å². The smallest absolute Gasteiger partial charge is 0.326 e. The highest BCUT2D eigenvalue weighted by molar-refractivity contribution is 5.86. The molecule has 0 radical (unpaired) electrons. The summed E-state index contributed by atoms with van der Waals surface area (Å²) < 4.78 is 31.4. The molecule has 6 N–H and O–H groups in total. The number of nitrogens with two attached hydrogens (primary N) is 1. The van der Waals surface area contributed by atoms with Crippen LogP contribution in [-0.2, 0) is 30.5 Å². The summed E-state index contributed by atoms with van der Waals surface area (Å²) in [4.78, 5) is 65.7. The minimum absolute atomic E-state index is 0.0186. The Morgan fingerprint density at radius 2 is 1.73 bits per heavy atom. The van der Waals surface area contributed by atoms with Crippen LogP contribution in [0.25, 0.3) is 11.1 Å². The molecule has 0 saturated heterocycles. The zero-order valence-electron chi connectivity index (χ0n) is 32.0. The number of rotatable bonds is 18. The lowest BCUT2D eigenvalue weighted by molar-refractivity contribution is -0.142. The van der Waals surface area contributed by atoms with Crippen LogP contribution < -0.4 is 16.4 Å². The number of aromatic nitrogens is 1. The lowest BCUT2D eigenvalue weighted by Gasteiger charge is -2.42. The first-order valence-electron chi connectivity index (χ1n) is 18.3. The predicted molar refractivity (Wildman–Crippen MR) is 205 cm³/mol. The van der Waals surface area contributed by atoms with Crippen molar-refractivity contribution in [3.05, 3.63) is 108 Å². The van der Waals surface area contributed by atoms with Crippen LogP contribution >= 0.6 is 0 Å². The number of aliphatic hydroxyl groups is 1. The molecule has 1 aliphatic heterocycles. The summed E-state index contributed by atoms with van der Waals surface area (Å²) in [6, 6.07) is 11.7. The third kappa shape index (κ3) is 11.4. The average molecular weight is 777 g/mol. The summed E-state index contributed by atoms with van der Waals surface area (Å²) >= 11 is 0. The molecule has 56 heavy (non-hydrogen) atoms. The number of nitrogens with one attached hydrogen (secondary N) is 2. The van der Waals surface area contributed by atoms with Gasteiger partial charge in [-0.05, 0) is 59.7 Å². The molecule has 15 heteroatoms. The molecule has 4 rings (SSSR count). The largest absolute Gasteiger partial charge is 0.480 e. The zero-order valence-corrected chi connectivity index (χ0v) is 32.0. The Labute approximate surface area is 324 Å². The van der Waals surface area contributed by atoms with E-state index in [-0.39, 0.29) is 50.2 Å². The Morgan fingerprint density at radius 3 is 2.32 bits per heavy atom. The number of aliphatic hydroxyl groups excluding tert-OH is 1. The molecule has 0 aliphatic carbocycles. The SMILES string of the molecule is CNC(=O)[C@H](CCN(C(=O)CO)[C@@H](c1cc(-c2cc(F)ccc2F)cn1Cc1ccccc1)C(C)(C)C)N1C=CC(CC(=O)N[C@@H](CCC(N)=O)C(=O)O)=CC1. The molecule has 0 saturated carbocycles. The topological polar surface area (TPSA) is 187 Å². The van der Waals surface area contributed by atoms with Crippen LogP contribution in [0.4, 0.5) is 8.78 Å². The van der Waals surface area contributed by atoms with Gasteiger partial charge >= 0.3 is 5.97 Å². The molecule has 13 nitrogen and oxygen atoms in total. The van der Waals surface area contributed by atoms with Gasteiger partial charge in [0.1, 0.15) is 30.3 Å². The number of benzene rings is 2. The number of carboxylic acid groups (broad SMARTS) is 1. The highest BCUT2D eigenvalue weighted by atomic mass is 19.1. The lowest BCUT2D eigenvalue weighted by Crippen LogP contribution is -2.49. The Morgan fingerprint density at radius 1 is 1.02 bits per heavy atom. The fraction of sp³-hybridized carbons (Fsp3) is 0.390. The van der Waals surface area contributed by atoms with Gasteiger partial charge in [-0.1, -0.05) is 57.2 Å². The van der Waals surface area contributed by atoms with Crippen molar-refractivity contribution in [3.63, 3.8) is 0 Å². The van der Waals surface area contributed by atoms with E-state index in [0.29, 0.717) is 23.4 Å². The highest BCUT2D eigenvalue weighted by Crippen LogP contribution is 2.41. The molecule has 300 valence electrons. The van der Waals surface area contributed by atoms with Crippen molar-refractivity contribution in [1.29, 1.82) is 0 Å². The summed E-state index contributed by atoms with van der Waals surface area (Å²) in [5.74, 6) is -4.70. The number of aliphatic carboxylic acids is 1. The Hall–Kier alpha value is -5.83. The average Bonchev–Trinajstić information content (AvgIpc) is 3.55. The predicted octanol–water partition coefficient (Wildman–Crippen LogP) is 3.88. The Balaban J connectivity index is 1.62. The molecule has 0 spiro atoms. The van der Waals surface area contributed by atoms with Gasteiger partial charge in [0.25, 0.3) is 0 Å². The fourth-order valence-corrected chi connectivity index (χ4v) is 6.86. The van der Waals surface area contributed by atoms with E-state index in [1.807, 2.05) is 55.7 Å². The van der Waals surface area contributed by atoms with Crippen LogP contribution in [0, 0.1) is 17.0 Å². The van der Waals surface area contributed by atoms with Crippen molar-refractivity contribution >= 4 is 29.6 Å². The number of nitrogens with zero attached hydrogens (tertiary/aromatic N) is 3. The molecule has 2 aromatic carbocycles. The number of halogens is 2. The lowest BCUT2D eigenvalue weighted by atomic mass is 9.82. The minimum atomic E-state index is -1.29. The Bertz CT molecular complexity index is 1960. The second kappa shape index (κ2) is 19.2. The van der Waals surface area contributed by atoms with Crippen LogP contribution in [0.3, 0.4) is 0 Å². The second-order valence-electron chi connectivity index (χ2n) is 14.8. The van der Waals surface area contributed by atoms with Gasteiger partial charge in [0.05, 0.1) is 12.5 Å². The van der Waals surface area contributed by atoms with Crippen molar-refractivity contribution in [2.75, 3.05) is 26.7 Å². The van der Waals surface area contributed by atoms with E-state index in [2.05, 4.69) is 10.6 Å². The molecule has 2 heterocycles. The summed E-state index contributed by atoms with van der Waals surface area (Å²) in [6.45, 7) is 5.55. The number of hydrogen-bond donors (Lipinski definition) is 5.